The SMILES string of the molecule is CC(CC(N)(N)C(=O)O)=C1C(=O)CC(C)(C)CC1=O. The summed E-state index contributed by atoms with van der Waals surface area (Å²) in [5.41, 5.74) is 8.96. The second kappa shape index (κ2) is 4.86. The largest absolute Gasteiger partial charge is 0.479 e. The average Bonchev–Trinajstić information content (AvgIpc) is 2.11. The van der Waals surface area contributed by atoms with Crippen molar-refractivity contribution in [3.8, 4) is 0 Å². The first-order valence-electron chi connectivity index (χ1n) is 6.03. The van der Waals surface area contributed by atoms with Crippen LogP contribution < -0.4 is 11.5 Å². The molecule has 0 aromatic rings. The van der Waals surface area contributed by atoms with Crippen molar-refractivity contribution in [2.24, 2.45) is 16.9 Å². The molecule has 0 heterocycles. The maximum Gasteiger partial charge on any atom is 0.338 e. The molecule has 0 unspecified atom stereocenters. The van der Waals surface area contributed by atoms with Gasteiger partial charge >= 0.3 is 5.97 Å². The molecule has 5 N–H and O–H groups in total. The molecule has 1 aliphatic carbocycles. The molecule has 0 spiro atoms. The summed E-state index contributed by atoms with van der Waals surface area (Å²) >= 11 is 0. The van der Waals surface area contributed by atoms with Gasteiger partial charge in [0, 0.05) is 19.3 Å². The van der Waals surface area contributed by atoms with E-state index in [4.69, 9.17) is 16.6 Å². The van der Waals surface area contributed by atoms with E-state index in [1.54, 1.807) is 0 Å². The predicted octanol–water partition coefficient (Wildman–Crippen LogP) is 0.349. The van der Waals surface area contributed by atoms with E-state index in [9.17, 15) is 14.4 Å². The predicted molar refractivity (Wildman–Crippen MR) is 69.1 cm³/mol. The topological polar surface area (TPSA) is 123 Å². The van der Waals surface area contributed by atoms with Crippen molar-refractivity contribution in [1.29, 1.82) is 0 Å². The maximum absolute atomic E-state index is 12.0. The zero-order chi connectivity index (χ0) is 15.0. The minimum atomic E-state index is -1.97. The third-order valence-electron chi connectivity index (χ3n) is 3.22. The van der Waals surface area contributed by atoms with Gasteiger partial charge < -0.3 is 16.6 Å². The van der Waals surface area contributed by atoms with Crippen molar-refractivity contribution in [2.45, 2.75) is 45.7 Å². The molecule has 1 rings (SSSR count). The third kappa shape index (κ3) is 3.48. The Labute approximate surface area is 111 Å². The van der Waals surface area contributed by atoms with Crippen LogP contribution >= 0.6 is 0 Å². The molecule has 0 saturated heterocycles. The number of nitrogens with two attached hydrogens (primary N) is 2. The third-order valence-corrected chi connectivity index (χ3v) is 3.22. The van der Waals surface area contributed by atoms with Gasteiger partial charge in [0.15, 0.2) is 17.2 Å². The van der Waals surface area contributed by atoms with Crippen molar-refractivity contribution >= 4 is 17.5 Å². The second-order valence-corrected chi connectivity index (χ2v) is 6.04. The zero-order valence-electron chi connectivity index (χ0n) is 11.4. The van der Waals surface area contributed by atoms with Gasteiger partial charge in [0.2, 0.25) is 0 Å². The summed E-state index contributed by atoms with van der Waals surface area (Å²) in [6, 6.07) is 0. The number of carbonyl (C=O) groups is 3. The smallest absolute Gasteiger partial charge is 0.338 e. The summed E-state index contributed by atoms with van der Waals surface area (Å²) < 4.78 is 0. The van der Waals surface area contributed by atoms with Crippen molar-refractivity contribution in [1.82, 2.24) is 0 Å². The summed E-state index contributed by atoms with van der Waals surface area (Å²) in [5, 5.41) is 8.86. The maximum atomic E-state index is 12.0. The molecule has 6 nitrogen and oxygen atoms in total. The highest BCUT2D eigenvalue weighted by atomic mass is 16.4. The average molecular weight is 268 g/mol. The first kappa shape index (κ1) is 15.5. The van der Waals surface area contributed by atoms with Crippen LogP contribution in [0.1, 0.15) is 40.0 Å². The van der Waals surface area contributed by atoms with Gasteiger partial charge in [0.25, 0.3) is 0 Å². The summed E-state index contributed by atoms with van der Waals surface area (Å²) in [7, 11) is 0. The second-order valence-electron chi connectivity index (χ2n) is 6.04. The number of ketones is 2. The molecule has 19 heavy (non-hydrogen) atoms. The van der Waals surface area contributed by atoms with E-state index in [2.05, 4.69) is 0 Å². The molecule has 0 amide bonds. The highest BCUT2D eigenvalue weighted by Crippen LogP contribution is 2.35. The Morgan fingerprint density at radius 3 is 2.05 bits per heavy atom. The lowest BCUT2D eigenvalue weighted by atomic mass is 9.72. The lowest BCUT2D eigenvalue weighted by Crippen LogP contribution is -2.56. The molecule has 1 aliphatic rings. The standard InChI is InChI=1S/C13H20N2O4/c1-7(4-13(14,15)11(18)19)10-8(16)5-12(2,3)6-9(10)17/h4-6,14-15H2,1-3H3,(H,18,19). The van der Waals surface area contributed by atoms with Crippen LogP contribution in [0.5, 0.6) is 0 Å². The molecular weight excluding hydrogens is 248 g/mol. The number of allylic oxidation sites excluding steroid dienone is 1. The van der Waals surface area contributed by atoms with Gasteiger partial charge in [-0.15, -0.1) is 0 Å². The molecule has 0 radical (unpaired) electrons. The van der Waals surface area contributed by atoms with Crippen LogP contribution in [0, 0.1) is 5.41 Å². The molecule has 1 fully saturated rings. The monoisotopic (exact) mass is 268 g/mol. The summed E-state index contributed by atoms with van der Waals surface area (Å²) in [6.07, 6.45) is 0.302. The Bertz CT molecular complexity index is 453. The Kier molecular flexibility index (Phi) is 3.97. The van der Waals surface area contributed by atoms with E-state index < -0.39 is 11.6 Å². The number of Topliss-reactive ketones (excluding diaryl/α,β-unsaturated/α-hetero) is 2. The van der Waals surface area contributed by atoms with E-state index in [0.29, 0.717) is 5.57 Å². The van der Waals surface area contributed by atoms with Gasteiger partial charge in [-0.05, 0) is 12.3 Å². The van der Waals surface area contributed by atoms with Gasteiger partial charge in [-0.2, -0.15) is 0 Å². The summed E-state index contributed by atoms with van der Waals surface area (Å²) in [4.78, 5) is 34.9. The normalized spacial score (nSPS) is 19.5. The highest BCUT2D eigenvalue weighted by Gasteiger charge is 2.38. The fraction of sp³-hybridized carbons (Fsp3) is 0.615. The number of carbonyl (C=O) groups excluding carboxylic acids is 2. The number of aliphatic carboxylic acids is 1. The molecular formula is C13H20N2O4. The van der Waals surface area contributed by atoms with Crippen molar-refractivity contribution < 1.29 is 19.5 Å². The number of hydrogen-bond donors (Lipinski definition) is 3. The van der Waals surface area contributed by atoms with Gasteiger partial charge in [-0.25, -0.2) is 4.79 Å². The summed E-state index contributed by atoms with van der Waals surface area (Å²) in [5.74, 6) is -1.90. The first-order chi connectivity index (χ1) is 8.46. The molecule has 106 valence electrons. The van der Waals surface area contributed by atoms with Gasteiger partial charge in [-0.3, -0.25) is 9.59 Å². The van der Waals surface area contributed by atoms with E-state index in [1.807, 2.05) is 13.8 Å². The molecule has 0 atom stereocenters. The molecule has 0 aromatic heterocycles. The molecule has 1 saturated carbocycles. The molecule has 6 heteroatoms. The van der Waals surface area contributed by atoms with Crippen LogP contribution in [0.2, 0.25) is 0 Å². The number of carboxylic acid groups (broad SMARTS) is 1. The van der Waals surface area contributed by atoms with Crippen molar-refractivity contribution in [3.05, 3.63) is 11.1 Å². The van der Waals surface area contributed by atoms with Crippen LogP contribution in [-0.2, 0) is 14.4 Å². The van der Waals surface area contributed by atoms with Crippen LogP contribution in [0.3, 0.4) is 0 Å². The zero-order valence-corrected chi connectivity index (χ0v) is 11.4. The number of rotatable bonds is 3. The fourth-order valence-corrected chi connectivity index (χ4v) is 2.34. The Hall–Kier alpha value is -1.53. The van der Waals surface area contributed by atoms with E-state index in [0.717, 1.165) is 0 Å². The van der Waals surface area contributed by atoms with E-state index in [1.165, 1.54) is 6.92 Å². The van der Waals surface area contributed by atoms with Crippen LogP contribution in [0.15, 0.2) is 11.1 Å². The lowest BCUT2D eigenvalue weighted by molar-refractivity contribution is -0.143. The van der Waals surface area contributed by atoms with Gasteiger partial charge in [0.05, 0.1) is 5.57 Å². The van der Waals surface area contributed by atoms with Gasteiger partial charge in [-0.1, -0.05) is 19.4 Å². The van der Waals surface area contributed by atoms with E-state index in [-0.39, 0.29) is 41.8 Å². The van der Waals surface area contributed by atoms with Crippen molar-refractivity contribution in [3.63, 3.8) is 0 Å². The Morgan fingerprint density at radius 1 is 1.26 bits per heavy atom. The Morgan fingerprint density at radius 2 is 1.68 bits per heavy atom. The number of carboxylic acids is 1. The first-order valence-corrected chi connectivity index (χ1v) is 6.03. The number of hydrogen-bond acceptors (Lipinski definition) is 5. The minimum Gasteiger partial charge on any atom is -0.479 e. The Balaban J connectivity index is 3.06. The highest BCUT2D eigenvalue weighted by molar-refractivity contribution is 6.22. The molecule has 0 bridgehead atoms. The lowest BCUT2D eigenvalue weighted by Gasteiger charge is -2.30. The summed E-state index contributed by atoms with van der Waals surface area (Å²) in [6.45, 7) is 5.23. The minimum absolute atomic E-state index is 0.0702. The quantitative estimate of drug-likeness (QED) is 0.385. The molecule has 0 aromatic carbocycles. The van der Waals surface area contributed by atoms with Crippen molar-refractivity contribution in [2.75, 3.05) is 0 Å². The molecule has 0 aliphatic heterocycles. The van der Waals surface area contributed by atoms with Crippen LogP contribution in [0.25, 0.3) is 0 Å². The van der Waals surface area contributed by atoms with Gasteiger partial charge in [0.1, 0.15) is 0 Å². The fourth-order valence-electron chi connectivity index (χ4n) is 2.34. The van der Waals surface area contributed by atoms with E-state index >= 15 is 0 Å². The van der Waals surface area contributed by atoms with Crippen LogP contribution in [0.4, 0.5) is 0 Å². The van der Waals surface area contributed by atoms with Crippen LogP contribution in [-0.4, -0.2) is 28.3 Å².